The van der Waals surface area contributed by atoms with Crippen molar-refractivity contribution in [3.63, 3.8) is 0 Å². The molecule has 4 aromatic rings. The summed E-state index contributed by atoms with van der Waals surface area (Å²) in [5.74, 6) is -1.96. The maximum Gasteiger partial charge on any atom is 0.165 e. The molecule has 1 unspecified atom stereocenters. The highest BCUT2D eigenvalue weighted by Gasteiger charge is 2.29. The standard InChI is InChI=1S/C37H39FN2O5/c1-25(2)36-31(18-17-28(41)23-29(42)24-34(43)44)35(27-16-19-32(38)33(22-27)45-30-14-8-4-9-15-30)37(26-12-6-3-7-13-26)40(36)39-20-10-5-11-21-39/h3-4,6-9,12-19,22,25,28,41H,5,10-11,20-21,23-24H2,1-2H3,(H,43,44)/p-1/b18-17+. The number of piperidine rings is 1. The van der Waals surface area contributed by atoms with E-state index >= 15 is 4.39 Å². The summed E-state index contributed by atoms with van der Waals surface area (Å²) in [6.45, 7) is 5.95. The van der Waals surface area contributed by atoms with E-state index in [9.17, 15) is 19.8 Å². The van der Waals surface area contributed by atoms with E-state index in [1.165, 1.54) is 12.1 Å². The number of aliphatic carboxylic acids is 1. The van der Waals surface area contributed by atoms with Crippen LogP contribution < -0.4 is 14.9 Å². The molecule has 0 spiro atoms. The Morgan fingerprint density at radius 3 is 2.27 bits per heavy atom. The van der Waals surface area contributed by atoms with Crippen LogP contribution in [0.3, 0.4) is 0 Å². The van der Waals surface area contributed by atoms with Crippen molar-refractivity contribution >= 4 is 17.8 Å². The zero-order valence-electron chi connectivity index (χ0n) is 25.6. The number of halogens is 1. The minimum Gasteiger partial charge on any atom is -0.550 e. The highest BCUT2D eigenvalue weighted by molar-refractivity contribution is 5.94. The van der Waals surface area contributed by atoms with Gasteiger partial charge in [0.25, 0.3) is 0 Å². The monoisotopic (exact) mass is 609 g/mol. The Balaban J connectivity index is 1.74. The number of Topliss-reactive ketones (excluding diaryl/α,β-unsaturated/α-hetero) is 1. The second-order valence-corrected chi connectivity index (χ2v) is 11.6. The van der Waals surface area contributed by atoms with Crippen molar-refractivity contribution < 1.29 is 28.9 Å². The van der Waals surface area contributed by atoms with E-state index < -0.39 is 30.1 Å². The van der Waals surface area contributed by atoms with Gasteiger partial charge in [0.2, 0.25) is 0 Å². The lowest BCUT2D eigenvalue weighted by molar-refractivity contribution is -0.304. The van der Waals surface area contributed by atoms with E-state index in [2.05, 4.69) is 35.7 Å². The first kappa shape index (κ1) is 31.7. The number of ether oxygens (including phenoxy) is 1. The number of carboxylic acid groups (broad SMARTS) is 1. The number of carboxylic acids is 1. The lowest BCUT2D eigenvalue weighted by Crippen LogP contribution is -2.40. The van der Waals surface area contributed by atoms with Gasteiger partial charge in [0, 0.05) is 48.6 Å². The zero-order chi connectivity index (χ0) is 31.9. The molecule has 8 heteroatoms. The van der Waals surface area contributed by atoms with E-state index in [0.717, 1.165) is 66.0 Å². The van der Waals surface area contributed by atoms with Crippen LogP contribution in [0.4, 0.5) is 4.39 Å². The largest absolute Gasteiger partial charge is 0.550 e. The first-order chi connectivity index (χ1) is 21.7. The minimum atomic E-state index is -1.48. The number of nitrogens with zero attached hydrogens (tertiary/aromatic N) is 2. The number of hydrogen-bond acceptors (Lipinski definition) is 6. The van der Waals surface area contributed by atoms with E-state index in [1.807, 2.05) is 36.4 Å². The van der Waals surface area contributed by atoms with Gasteiger partial charge in [-0.25, -0.2) is 4.39 Å². The molecule has 3 aromatic carbocycles. The van der Waals surface area contributed by atoms with Crippen LogP contribution in [-0.2, 0) is 9.59 Å². The number of para-hydroxylation sites is 1. The Bertz CT molecular complexity index is 1660. The van der Waals surface area contributed by atoms with E-state index in [4.69, 9.17) is 4.74 Å². The van der Waals surface area contributed by atoms with Gasteiger partial charge in [0.15, 0.2) is 11.6 Å². The molecule has 1 aromatic heterocycles. The number of benzene rings is 3. The SMILES string of the molecule is CC(C)c1c(/C=C/C(O)CC(=O)CC(=O)[O-])c(-c2ccc(F)c(Oc3ccccc3)c2)c(-c2ccccc2)n1N1CCCCC1. The van der Waals surface area contributed by atoms with Crippen LogP contribution in [0.2, 0.25) is 0 Å². The van der Waals surface area contributed by atoms with Crippen LogP contribution >= 0.6 is 0 Å². The fraction of sp³-hybridized carbons (Fsp3) is 0.297. The fourth-order valence-corrected chi connectivity index (χ4v) is 5.94. The first-order valence-corrected chi connectivity index (χ1v) is 15.4. The van der Waals surface area contributed by atoms with E-state index in [1.54, 1.807) is 30.3 Å². The molecule has 0 amide bonds. The average molecular weight is 610 g/mol. The molecule has 2 heterocycles. The molecular weight excluding hydrogens is 571 g/mol. The summed E-state index contributed by atoms with van der Waals surface area (Å²) in [7, 11) is 0. The van der Waals surface area contributed by atoms with Crippen LogP contribution in [0.5, 0.6) is 11.5 Å². The van der Waals surface area contributed by atoms with Crippen molar-refractivity contribution in [2.75, 3.05) is 18.1 Å². The molecule has 1 saturated heterocycles. The Kier molecular flexibility index (Phi) is 10.1. The molecule has 0 radical (unpaired) electrons. The van der Waals surface area contributed by atoms with Crippen LogP contribution in [0.25, 0.3) is 28.5 Å². The molecule has 0 bridgehead atoms. The number of aliphatic hydroxyl groups is 1. The topological polar surface area (TPSA) is 94.8 Å². The minimum absolute atomic E-state index is 0.0418. The second-order valence-electron chi connectivity index (χ2n) is 11.6. The molecule has 7 nitrogen and oxygen atoms in total. The summed E-state index contributed by atoms with van der Waals surface area (Å²) in [6, 6.07) is 23.9. The smallest absolute Gasteiger partial charge is 0.165 e. The molecule has 1 N–H and O–H groups in total. The summed E-state index contributed by atoms with van der Waals surface area (Å²) in [5, 5.41) is 24.0. The summed E-state index contributed by atoms with van der Waals surface area (Å²) in [6.07, 6.45) is 4.28. The number of rotatable bonds is 12. The van der Waals surface area contributed by atoms with Crippen molar-refractivity contribution in [1.29, 1.82) is 0 Å². The third-order valence-electron chi connectivity index (χ3n) is 7.89. The zero-order valence-corrected chi connectivity index (χ0v) is 25.6. The number of aromatic nitrogens is 1. The molecule has 5 rings (SSSR count). The Morgan fingerprint density at radius 2 is 1.62 bits per heavy atom. The van der Waals surface area contributed by atoms with Gasteiger partial charge >= 0.3 is 0 Å². The average Bonchev–Trinajstić information content (AvgIpc) is 3.37. The van der Waals surface area contributed by atoms with Gasteiger partial charge in [-0.3, -0.25) is 9.47 Å². The van der Waals surface area contributed by atoms with Crippen molar-refractivity contribution in [3.05, 3.63) is 102 Å². The van der Waals surface area contributed by atoms with Crippen LogP contribution in [0.1, 0.15) is 63.1 Å². The molecule has 0 saturated carbocycles. The molecule has 1 aliphatic heterocycles. The predicted octanol–water partition coefficient (Wildman–Crippen LogP) is 6.47. The van der Waals surface area contributed by atoms with Gasteiger partial charge in [-0.2, -0.15) is 0 Å². The molecule has 1 aliphatic rings. The quantitative estimate of drug-likeness (QED) is 0.185. The van der Waals surface area contributed by atoms with Crippen molar-refractivity contribution in [2.45, 2.75) is 58.0 Å². The molecule has 234 valence electrons. The van der Waals surface area contributed by atoms with Crippen molar-refractivity contribution in [3.8, 4) is 33.9 Å². The molecular formula is C37H38FN2O5-. The summed E-state index contributed by atoms with van der Waals surface area (Å²) < 4.78 is 23.5. The van der Waals surface area contributed by atoms with E-state index in [0.29, 0.717) is 5.75 Å². The number of carbonyl (C=O) groups is 2. The van der Waals surface area contributed by atoms with Crippen molar-refractivity contribution in [2.24, 2.45) is 0 Å². The highest BCUT2D eigenvalue weighted by Crippen LogP contribution is 2.44. The van der Waals surface area contributed by atoms with Crippen molar-refractivity contribution in [1.82, 2.24) is 4.68 Å². The number of ketones is 1. The Morgan fingerprint density at radius 1 is 0.956 bits per heavy atom. The predicted molar refractivity (Wildman–Crippen MR) is 172 cm³/mol. The number of aliphatic hydroxyl groups excluding tert-OH is 1. The van der Waals surface area contributed by atoms with Crippen LogP contribution in [0, 0.1) is 5.82 Å². The third kappa shape index (κ3) is 7.52. The third-order valence-corrected chi connectivity index (χ3v) is 7.89. The Labute approximate surface area is 263 Å². The summed E-state index contributed by atoms with van der Waals surface area (Å²) in [4.78, 5) is 23.0. The van der Waals surface area contributed by atoms with E-state index in [-0.39, 0.29) is 18.1 Å². The fourth-order valence-electron chi connectivity index (χ4n) is 5.94. The first-order valence-electron chi connectivity index (χ1n) is 15.4. The van der Waals surface area contributed by atoms with Gasteiger partial charge in [-0.1, -0.05) is 80.6 Å². The Hall–Kier alpha value is -4.69. The number of carbonyl (C=O) groups excluding carboxylic acids is 2. The number of hydrogen-bond donors (Lipinski definition) is 1. The van der Waals surface area contributed by atoms with Gasteiger partial charge in [-0.15, -0.1) is 0 Å². The summed E-state index contributed by atoms with van der Waals surface area (Å²) >= 11 is 0. The normalized spacial score (nSPS) is 14.2. The molecule has 45 heavy (non-hydrogen) atoms. The van der Waals surface area contributed by atoms with Gasteiger partial charge in [0.05, 0.1) is 17.5 Å². The maximum absolute atomic E-state index is 15.2. The molecule has 1 fully saturated rings. The van der Waals surface area contributed by atoms with Crippen LogP contribution in [-0.4, -0.2) is 40.7 Å². The highest BCUT2D eigenvalue weighted by atomic mass is 19.1. The van der Waals surface area contributed by atoms with Crippen LogP contribution in [0.15, 0.2) is 84.9 Å². The van der Waals surface area contributed by atoms with Gasteiger partial charge in [-0.05, 0) is 55.0 Å². The molecule has 0 aliphatic carbocycles. The summed E-state index contributed by atoms with van der Waals surface area (Å²) in [5.41, 5.74) is 5.28. The lowest BCUT2D eigenvalue weighted by atomic mass is 9.94. The second kappa shape index (κ2) is 14.4. The van der Waals surface area contributed by atoms with Gasteiger partial charge < -0.3 is 24.8 Å². The lowest BCUT2D eigenvalue weighted by Gasteiger charge is -2.34. The molecule has 1 atom stereocenters. The maximum atomic E-state index is 15.2. The van der Waals surface area contributed by atoms with Gasteiger partial charge in [0.1, 0.15) is 11.5 Å².